The molecule has 0 atom stereocenters. The Balaban J connectivity index is 2.27. The highest BCUT2D eigenvalue weighted by molar-refractivity contribution is 6.30. The van der Waals surface area contributed by atoms with Gasteiger partial charge in [-0.1, -0.05) is 11.6 Å². The zero-order chi connectivity index (χ0) is 8.10. The highest BCUT2D eigenvalue weighted by atomic mass is 35.5. The second-order valence-electron chi connectivity index (χ2n) is 2.15. The number of hydrogen-bond donors (Lipinski definition) is 1. The highest BCUT2D eigenvalue weighted by Gasteiger charge is 1.93. The number of rotatable bonds is 4. The number of aromatic nitrogens is 2. The minimum absolute atomic E-state index is 0.539. The summed E-state index contributed by atoms with van der Waals surface area (Å²) in [6, 6.07) is 0. The van der Waals surface area contributed by atoms with Gasteiger partial charge < -0.3 is 4.84 Å². The lowest BCUT2D eigenvalue weighted by Gasteiger charge is -1.98. The Kier molecular flexibility index (Phi) is 3.35. The molecule has 5 heteroatoms. The topological polar surface area (TPSA) is 53.1 Å². The van der Waals surface area contributed by atoms with Gasteiger partial charge in [0.15, 0.2) is 0 Å². The SMILES string of the molecule is NOCCCn1cc(Cl)cn1. The number of hydrogen-bond acceptors (Lipinski definition) is 3. The predicted molar refractivity (Wildman–Crippen MR) is 42.0 cm³/mol. The summed E-state index contributed by atoms with van der Waals surface area (Å²) >= 11 is 5.63. The summed E-state index contributed by atoms with van der Waals surface area (Å²) in [4.78, 5) is 4.40. The Bertz CT molecular complexity index is 213. The third-order valence-corrected chi connectivity index (χ3v) is 1.45. The zero-order valence-electron chi connectivity index (χ0n) is 6.03. The monoisotopic (exact) mass is 175 g/mol. The molecule has 1 aromatic rings. The van der Waals surface area contributed by atoms with Crippen molar-refractivity contribution in [1.82, 2.24) is 9.78 Å². The molecule has 0 radical (unpaired) electrons. The molecular formula is C6H10ClN3O. The molecule has 0 aliphatic carbocycles. The van der Waals surface area contributed by atoms with Gasteiger partial charge in [0.1, 0.15) is 0 Å². The first-order chi connectivity index (χ1) is 5.33. The normalized spacial score (nSPS) is 10.4. The lowest BCUT2D eigenvalue weighted by atomic mass is 10.4. The molecule has 62 valence electrons. The van der Waals surface area contributed by atoms with Crippen LogP contribution in [0.5, 0.6) is 0 Å². The largest absolute Gasteiger partial charge is 0.305 e. The lowest BCUT2D eigenvalue weighted by molar-refractivity contribution is 0.131. The first-order valence-corrected chi connectivity index (χ1v) is 3.70. The maximum absolute atomic E-state index is 5.63. The van der Waals surface area contributed by atoms with E-state index >= 15 is 0 Å². The van der Waals surface area contributed by atoms with Crippen molar-refractivity contribution in [2.45, 2.75) is 13.0 Å². The molecule has 11 heavy (non-hydrogen) atoms. The molecule has 1 rings (SSSR count). The van der Waals surface area contributed by atoms with Crippen LogP contribution in [0.3, 0.4) is 0 Å². The minimum Gasteiger partial charge on any atom is -0.305 e. The first kappa shape index (κ1) is 8.52. The van der Waals surface area contributed by atoms with Crippen LogP contribution < -0.4 is 5.90 Å². The fraction of sp³-hybridized carbons (Fsp3) is 0.500. The second-order valence-corrected chi connectivity index (χ2v) is 2.58. The Morgan fingerprint density at radius 3 is 3.09 bits per heavy atom. The van der Waals surface area contributed by atoms with E-state index in [-0.39, 0.29) is 0 Å². The Morgan fingerprint density at radius 2 is 2.55 bits per heavy atom. The smallest absolute Gasteiger partial charge is 0.0785 e. The third-order valence-electron chi connectivity index (χ3n) is 1.25. The minimum atomic E-state index is 0.539. The number of nitrogens with two attached hydrogens (primary N) is 1. The Morgan fingerprint density at radius 1 is 1.73 bits per heavy atom. The van der Waals surface area contributed by atoms with Gasteiger partial charge >= 0.3 is 0 Å². The van der Waals surface area contributed by atoms with Gasteiger partial charge in [-0.2, -0.15) is 5.10 Å². The molecule has 4 nitrogen and oxygen atoms in total. The van der Waals surface area contributed by atoms with E-state index in [0.29, 0.717) is 11.6 Å². The Hall–Kier alpha value is -0.580. The number of nitrogens with zero attached hydrogens (tertiary/aromatic N) is 2. The molecule has 0 amide bonds. The van der Waals surface area contributed by atoms with Gasteiger partial charge in [0.05, 0.1) is 17.8 Å². The van der Waals surface area contributed by atoms with E-state index in [2.05, 4.69) is 9.94 Å². The Labute approximate surface area is 69.8 Å². The van der Waals surface area contributed by atoms with Crippen molar-refractivity contribution in [2.24, 2.45) is 5.90 Å². The first-order valence-electron chi connectivity index (χ1n) is 3.32. The molecule has 1 heterocycles. The molecule has 1 aromatic heterocycles. The van der Waals surface area contributed by atoms with E-state index in [9.17, 15) is 0 Å². The lowest BCUT2D eigenvalue weighted by Crippen LogP contribution is -2.05. The second kappa shape index (κ2) is 4.33. The predicted octanol–water partition coefficient (Wildman–Crippen LogP) is 0.817. The van der Waals surface area contributed by atoms with Crippen LogP contribution in [0.25, 0.3) is 0 Å². The van der Waals surface area contributed by atoms with Crippen molar-refractivity contribution in [1.29, 1.82) is 0 Å². The molecular weight excluding hydrogens is 166 g/mol. The van der Waals surface area contributed by atoms with E-state index in [1.54, 1.807) is 17.1 Å². The van der Waals surface area contributed by atoms with Crippen LogP contribution >= 0.6 is 11.6 Å². The van der Waals surface area contributed by atoms with Crippen molar-refractivity contribution in [3.63, 3.8) is 0 Å². The maximum Gasteiger partial charge on any atom is 0.0785 e. The van der Waals surface area contributed by atoms with Crippen LogP contribution in [0.1, 0.15) is 6.42 Å². The molecule has 2 N–H and O–H groups in total. The van der Waals surface area contributed by atoms with Gasteiger partial charge in [0.2, 0.25) is 0 Å². The summed E-state index contributed by atoms with van der Waals surface area (Å²) in [5.41, 5.74) is 0. The molecule has 0 unspecified atom stereocenters. The fourth-order valence-corrected chi connectivity index (χ4v) is 0.927. The van der Waals surface area contributed by atoms with Gasteiger partial charge in [0.25, 0.3) is 0 Å². The molecule has 0 saturated heterocycles. The van der Waals surface area contributed by atoms with E-state index in [0.717, 1.165) is 13.0 Å². The van der Waals surface area contributed by atoms with E-state index in [1.807, 2.05) is 0 Å². The van der Waals surface area contributed by atoms with Crippen molar-refractivity contribution in [2.75, 3.05) is 6.61 Å². The highest BCUT2D eigenvalue weighted by Crippen LogP contribution is 2.04. The standard InChI is InChI=1S/C6H10ClN3O/c7-6-4-9-10(5-6)2-1-3-11-8/h4-5H,1-3,8H2. The quantitative estimate of drug-likeness (QED) is 0.545. The van der Waals surface area contributed by atoms with Gasteiger partial charge in [-0.25, -0.2) is 5.90 Å². The van der Waals surface area contributed by atoms with Crippen LogP contribution in [0.15, 0.2) is 12.4 Å². The molecule has 0 aliphatic rings. The van der Waals surface area contributed by atoms with Crippen LogP contribution in [0.2, 0.25) is 5.02 Å². The van der Waals surface area contributed by atoms with Crippen LogP contribution in [0.4, 0.5) is 0 Å². The molecule has 0 bridgehead atoms. The van der Waals surface area contributed by atoms with Crippen molar-refractivity contribution in [3.05, 3.63) is 17.4 Å². The van der Waals surface area contributed by atoms with Gasteiger partial charge in [-0.15, -0.1) is 0 Å². The van der Waals surface area contributed by atoms with Crippen molar-refractivity contribution in [3.8, 4) is 0 Å². The van der Waals surface area contributed by atoms with Crippen LogP contribution in [-0.4, -0.2) is 16.4 Å². The van der Waals surface area contributed by atoms with Crippen molar-refractivity contribution < 1.29 is 4.84 Å². The van der Waals surface area contributed by atoms with E-state index in [1.165, 1.54) is 0 Å². The van der Waals surface area contributed by atoms with Crippen LogP contribution in [-0.2, 0) is 11.4 Å². The fourth-order valence-electron chi connectivity index (χ4n) is 0.771. The molecule has 0 spiro atoms. The summed E-state index contributed by atoms with van der Waals surface area (Å²) in [7, 11) is 0. The number of aryl methyl sites for hydroxylation is 1. The van der Waals surface area contributed by atoms with Crippen LogP contribution in [0, 0.1) is 0 Å². The van der Waals surface area contributed by atoms with Gasteiger partial charge in [0, 0.05) is 12.7 Å². The van der Waals surface area contributed by atoms with Gasteiger partial charge in [-0.05, 0) is 6.42 Å². The zero-order valence-corrected chi connectivity index (χ0v) is 6.79. The van der Waals surface area contributed by atoms with Gasteiger partial charge in [-0.3, -0.25) is 4.68 Å². The summed E-state index contributed by atoms with van der Waals surface area (Å²) in [6.45, 7) is 1.32. The van der Waals surface area contributed by atoms with E-state index in [4.69, 9.17) is 17.5 Å². The summed E-state index contributed by atoms with van der Waals surface area (Å²) < 4.78 is 1.75. The summed E-state index contributed by atoms with van der Waals surface area (Å²) in [5, 5.41) is 4.63. The average molecular weight is 176 g/mol. The maximum atomic E-state index is 5.63. The summed E-state index contributed by atoms with van der Waals surface area (Å²) in [6.07, 6.45) is 4.21. The molecule has 0 fully saturated rings. The van der Waals surface area contributed by atoms with E-state index < -0.39 is 0 Å². The molecule has 0 aliphatic heterocycles. The molecule has 0 saturated carbocycles. The number of halogens is 1. The third kappa shape index (κ3) is 2.88. The van der Waals surface area contributed by atoms with Crippen molar-refractivity contribution >= 4 is 11.6 Å². The molecule has 0 aromatic carbocycles. The average Bonchev–Trinajstić information content (AvgIpc) is 2.37. The summed E-state index contributed by atoms with van der Waals surface area (Å²) in [5.74, 6) is 4.84.